The second-order valence-corrected chi connectivity index (χ2v) is 14.2. The van der Waals surface area contributed by atoms with Crippen LogP contribution >= 0.6 is 0 Å². The van der Waals surface area contributed by atoms with Crippen molar-refractivity contribution >= 4 is 16.4 Å². The first kappa shape index (κ1) is 45.1. The highest BCUT2D eigenvalue weighted by molar-refractivity contribution is 7.80. The van der Waals surface area contributed by atoms with Gasteiger partial charge in [0.2, 0.25) is 0 Å². The van der Waals surface area contributed by atoms with Crippen LogP contribution in [-0.2, 0) is 38.3 Å². The number of esters is 1. The molecule has 1 rings (SSSR count). The number of unbranched alkanes of at least 4 members (excludes halogenated alkanes) is 19. The number of carbonyl (C=O) groups is 1. The van der Waals surface area contributed by atoms with Gasteiger partial charge in [-0.1, -0.05) is 136 Å². The van der Waals surface area contributed by atoms with Gasteiger partial charge in [-0.25, -0.2) is 4.18 Å². The molecule has 0 aromatic rings. The molecule has 0 saturated carbocycles. The van der Waals surface area contributed by atoms with E-state index in [9.17, 15) is 28.5 Å². The molecule has 1 aliphatic heterocycles. The van der Waals surface area contributed by atoms with Crippen LogP contribution in [0.1, 0.15) is 155 Å². The summed E-state index contributed by atoms with van der Waals surface area (Å²) in [6.45, 7) is 3.95. The third-order valence-corrected chi connectivity index (χ3v) is 9.19. The van der Waals surface area contributed by atoms with Gasteiger partial charge in [-0.2, -0.15) is 8.42 Å². The lowest BCUT2D eigenvalue weighted by Crippen LogP contribution is -2.60. The molecule has 0 aromatic carbocycles. The van der Waals surface area contributed by atoms with E-state index in [1.54, 1.807) is 0 Å². The third-order valence-electron chi connectivity index (χ3n) is 8.73. The van der Waals surface area contributed by atoms with Crippen molar-refractivity contribution in [2.45, 2.75) is 192 Å². The Bertz CT molecular complexity index is 874. The normalized spacial score (nSPS) is 22.2. The first-order chi connectivity index (χ1) is 23.1. The van der Waals surface area contributed by atoms with Crippen LogP contribution in [0.15, 0.2) is 0 Å². The molecular formula is C35H68O12S. The predicted octanol–water partition coefficient (Wildman–Crippen LogP) is 6.18. The number of hydrogen-bond acceptors (Lipinski definition) is 11. The molecule has 0 radical (unpaired) electrons. The second-order valence-electron chi connectivity index (χ2n) is 13.2. The van der Waals surface area contributed by atoms with E-state index >= 15 is 0 Å². The van der Waals surface area contributed by atoms with Crippen LogP contribution in [0.5, 0.6) is 0 Å². The Morgan fingerprint density at radius 3 is 1.67 bits per heavy atom. The molecule has 0 amide bonds. The zero-order valence-electron chi connectivity index (χ0n) is 29.8. The summed E-state index contributed by atoms with van der Waals surface area (Å²) < 4.78 is 58.6. The maximum Gasteiger partial charge on any atom is 0.397 e. The minimum absolute atomic E-state index is 0.0430. The average molecular weight is 713 g/mol. The summed E-state index contributed by atoms with van der Waals surface area (Å²) in [4.78, 5) is 12.7. The lowest BCUT2D eigenvalue weighted by molar-refractivity contribution is -0.301. The summed E-state index contributed by atoms with van der Waals surface area (Å²) in [5, 5.41) is 30.4. The highest BCUT2D eigenvalue weighted by Crippen LogP contribution is 2.26. The zero-order valence-corrected chi connectivity index (χ0v) is 30.6. The molecule has 1 aliphatic rings. The summed E-state index contributed by atoms with van der Waals surface area (Å²) in [6.07, 6.45) is 15.8. The monoisotopic (exact) mass is 712 g/mol. The standard InChI is InChI=1S/C35H68O12S/c1-3-5-7-9-11-13-14-15-17-19-21-23-25-43-27-29(45-31(37)24-22-20-18-16-12-10-8-6-4-2)28-44-35-33(39)34(47-48(40,41)42)32(38)30(26-36)46-35/h29-30,32-36,38-39H,3-28H2,1-2H3,(H,40,41,42). The number of hydrogen-bond donors (Lipinski definition) is 4. The van der Waals surface area contributed by atoms with E-state index in [1.165, 1.54) is 89.9 Å². The molecule has 1 fully saturated rings. The van der Waals surface area contributed by atoms with Gasteiger partial charge in [0.25, 0.3) is 0 Å². The minimum Gasteiger partial charge on any atom is -0.457 e. The van der Waals surface area contributed by atoms with Crippen molar-refractivity contribution in [2.75, 3.05) is 26.4 Å². The van der Waals surface area contributed by atoms with Crippen molar-refractivity contribution < 1.29 is 56.2 Å². The van der Waals surface area contributed by atoms with Crippen molar-refractivity contribution in [3.8, 4) is 0 Å². The van der Waals surface area contributed by atoms with E-state index in [0.717, 1.165) is 38.5 Å². The Morgan fingerprint density at radius 1 is 0.708 bits per heavy atom. The Hall–Kier alpha value is -0.900. The van der Waals surface area contributed by atoms with Crippen LogP contribution in [0.3, 0.4) is 0 Å². The number of carbonyl (C=O) groups excluding carboxylic acids is 1. The summed E-state index contributed by atoms with van der Waals surface area (Å²) in [7, 11) is -5.05. The van der Waals surface area contributed by atoms with Crippen LogP contribution in [0.2, 0.25) is 0 Å². The van der Waals surface area contributed by atoms with Crippen molar-refractivity contribution in [1.82, 2.24) is 0 Å². The van der Waals surface area contributed by atoms with Gasteiger partial charge in [0.15, 0.2) is 6.29 Å². The number of aliphatic hydroxyl groups is 3. The van der Waals surface area contributed by atoms with Gasteiger partial charge in [0.05, 0.1) is 19.8 Å². The van der Waals surface area contributed by atoms with Crippen molar-refractivity contribution in [3.05, 3.63) is 0 Å². The SMILES string of the molecule is CCCCCCCCCCCCCCOCC(COC1OC(CO)C(O)C(OS(=O)(=O)O)C1O)OC(=O)CCCCCCCCCCC. The van der Waals surface area contributed by atoms with E-state index in [4.69, 9.17) is 23.5 Å². The van der Waals surface area contributed by atoms with Gasteiger partial charge in [-0.15, -0.1) is 0 Å². The predicted molar refractivity (Wildman–Crippen MR) is 184 cm³/mol. The second kappa shape index (κ2) is 28.8. The van der Waals surface area contributed by atoms with Crippen LogP contribution in [0.4, 0.5) is 0 Å². The molecule has 6 unspecified atom stereocenters. The van der Waals surface area contributed by atoms with E-state index in [1.807, 2.05) is 0 Å². The molecule has 1 heterocycles. The highest BCUT2D eigenvalue weighted by Gasteiger charge is 2.48. The largest absolute Gasteiger partial charge is 0.457 e. The van der Waals surface area contributed by atoms with E-state index < -0.39 is 59.8 Å². The smallest absolute Gasteiger partial charge is 0.397 e. The maximum atomic E-state index is 12.7. The summed E-state index contributed by atoms with van der Waals surface area (Å²) >= 11 is 0. The quantitative estimate of drug-likeness (QED) is 0.0354. The lowest BCUT2D eigenvalue weighted by Gasteiger charge is -2.41. The third kappa shape index (κ3) is 22.7. The van der Waals surface area contributed by atoms with Crippen LogP contribution in [0, 0.1) is 0 Å². The lowest BCUT2D eigenvalue weighted by atomic mass is 9.99. The van der Waals surface area contributed by atoms with Crippen LogP contribution in [-0.4, -0.2) is 97.5 Å². The fraction of sp³-hybridized carbons (Fsp3) is 0.971. The molecule has 48 heavy (non-hydrogen) atoms. The first-order valence-electron chi connectivity index (χ1n) is 18.8. The summed E-state index contributed by atoms with van der Waals surface area (Å²) in [6, 6.07) is 0. The molecule has 13 heteroatoms. The Morgan fingerprint density at radius 2 is 1.19 bits per heavy atom. The van der Waals surface area contributed by atoms with Crippen molar-refractivity contribution in [1.29, 1.82) is 0 Å². The van der Waals surface area contributed by atoms with Crippen molar-refractivity contribution in [3.63, 3.8) is 0 Å². The van der Waals surface area contributed by atoms with E-state index in [-0.39, 0.29) is 19.6 Å². The molecular weight excluding hydrogens is 644 g/mol. The first-order valence-corrected chi connectivity index (χ1v) is 20.2. The molecule has 6 atom stereocenters. The molecule has 286 valence electrons. The zero-order chi connectivity index (χ0) is 35.5. The topological polar surface area (TPSA) is 178 Å². The van der Waals surface area contributed by atoms with Crippen LogP contribution in [0.25, 0.3) is 0 Å². The van der Waals surface area contributed by atoms with Crippen LogP contribution < -0.4 is 0 Å². The fourth-order valence-corrected chi connectivity index (χ4v) is 6.36. The summed E-state index contributed by atoms with van der Waals surface area (Å²) in [5.74, 6) is -0.401. The Balaban J connectivity index is 2.52. The average Bonchev–Trinajstić information content (AvgIpc) is 3.05. The Labute approximate surface area is 290 Å². The molecule has 1 saturated heterocycles. The highest BCUT2D eigenvalue weighted by atomic mass is 32.3. The number of ether oxygens (including phenoxy) is 4. The van der Waals surface area contributed by atoms with E-state index in [0.29, 0.717) is 13.0 Å². The molecule has 0 aromatic heterocycles. The van der Waals surface area contributed by atoms with Gasteiger partial charge in [-0.3, -0.25) is 9.35 Å². The molecule has 0 aliphatic carbocycles. The minimum atomic E-state index is -5.05. The maximum absolute atomic E-state index is 12.7. The van der Waals surface area contributed by atoms with Gasteiger partial charge in [-0.05, 0) is 12.8 Å². The molecule has 12 nitrogen and oxygen atoms in total. The number of rotatable bonds is 32. The van der Waals surface area contributed by atoms with Crippen molar-refractivity contribution in [2.24, 2.45) is 0 Å². The molecule has 4 N–H and O–H groups in total. The Kier molecular flexibility index (Phi) is 27.0. The van der Waals surface area contributed by atoms with Gasteiger partial charge in [0, 0.05) is 13.0 Å². The van der Waals surface area contributed by atoms with Gasteiger partial charge >= 0.3 is 16.4 Å². The molecule has 0 spiro atoms. The van der Waals surface area contributed by atoms with Gasteiger partial charge < -0.3 is 34.3 Å². The number of aliphatic hydroxyl groups excluding tert-OH is 3. The fourth-order valence-electron chi connectivity index (χ4n) is 5.85. The molecule has 0 bridgehead atoms. The summed E-state index contributed by atoms with van der Waals surface area (Å²) in [5.41, 5.74) is 0. The van der Waals surface area contributed by atoms with Gasteiger partial charge in [0.1, 0.15) is 30.5 Å². The van der Waals surface area contributed by atoms with E-state index in [2.05, 4.69) is 18.0 Å².